The van der Waals surface area contributed by atoms with Crippen molar-refractivity contribution >= 4 is 0 Å². The van der Waals surface area contributed by atoms with Gasteiger partial charge in [-0.3, -0.25) is 4.98 Å². The van der Waals surface area contributed by atoms with Gasteiger partial charge in [0, 0.05) is 12.1 Å². The Morgan fingerprint density at radius 2 is 2.15 bits per heavy atom. The van der Waals surface area contributed by atoms with Crippen molar-refractivity contribution in [2.24, 2.45) is 5.73 Å². The Kier molecular flexibility index (Phi) is 2.87. The van der Waals surface area contributed by atoms with Gasteiger partial charge in [0.15, 0.2) is 0 Å². The summed E-state index contributed by atoms with van der Waals surface area (Å²) in [5, 5.41) is 0. The average molecular weight is 190 g/mol. The smallest absolute Gasteiger partial charge is 0.266 e. The Bertz CT molecular complexity index is 313. The zero-order valence-electron chi connectivity index (χ0n) is 7.02. The first-order valence-electron chi connectivity index (χ1n) is 3.70. The van der Waals surface area contributed by atoms with Gasteiger partial charge in [0.05, 0.1) is 11.9 Å². The molecule has 2 nitrogen and oxygen atoms in total. The molecule has 0 aliphatic rings. The van der Waals surface area contributed by atoms with Crippen molar-refractivity contribution in [1.82, 2.24) is 4.98 Å². The van der Waals surface area contributed by atoms with Crippen LogP contribution >= 0.6 is 0 Å². The van der Waals surface area contributed by atoms with Gasteiger partial charge in [-0.1, -0.05) is 0 Å². The lowest BCUT2D eigenvalue weighted by atomic mass is 10.1. The largest absolute Gasteiger partial charge is 0.325 e. The SMILES string of the molecule is Cc1c(F)cnc(CN)c1C(F)F. The summed E-state index contributed by atoms with van der Waals surface area (Å²) in [5.41, 5.74) is 4.77. The molecule has 0 saturated heterocycles. The van der Waals surface area contributed by atoms with Crippen LogP contribution in [-0.4, -0.2) is 4.98 Å². The first-order chi connectivity index (χ1) is 6.07. The molecule has 0 aliphatic carbocycles. The predicted molar refractivity (Wildman–Crippen MR) is 41.8 cm³/mol. The van der Waals surface area contributed by atoms with E-state index in [0.717, 1.165) is 6.20 Å². The van der Waals surface area contributed by atoms with Crippen molar-refractivity contribution < 1.29 is 13.2 Å². The third-order valence-corrected chi connectivity index (χ3v) is 1.82. The summed E-state index contributed by atoms with van der Waals surface area (Å²) in [6, 6.07) is 0. The summed E-state index contributed by atoms with van der Waals surface area (Å²) in [6.45, 7) is 1.18. The molecule has 0 unspecified atom stereocenters. The Morgan fingerprint density at radius 1 is 1.54 bits per heavy atom. The van der Waals surface area contributed by atoms with E-state index in [1.807, 2.05) is 0 Å². The monoisotopic (exact) mass is 190 g/mol. The molecule has 5 heteroatoms. The van der Waals surface area contributed by atoms with E-state index >= 15 is 0 Å². The predicted octanol–water partition coefficient (Wildman–Crippen LogP) is 1.93. The molecule has 1 rings (SSSR count). The van der Waals surface area contributed by atoms with E-state index in [9.17, 15) is 13.2 Å². The Labute approximate surface area is 73.6 Å². The fourth-order valence-electron chi connectivity index (χ4n) is 1.10. The topological polar surface area (TPSA) is 38.9 Å². The minimum Gasteiger partial charge on any atom is -0.325 e. The highest BCUT2D eigenvalue weighted by Crippen LogP contribution is 2.26. The summed E-state index contributed by atoms with van der Waals surface area (Å²) in [6.07, 6.45) is -1.83. The molecule has 0 atom stereocenters. The van der Waals surface area contributed by atoms with Crippen LogP contribution in [0.4, 0.5) is 13.2 Å². The van der Waals surface area contributed by atoms with Crippen molar-refractivity contribution in [3.05, 3.63) is 28.8 Å². The molecular formula is C8H9F3N2. The molecule has 72 valence electrons. The van der Waals surface area contributed by atoms with E-state index in [1.165, 1.54) is 6.92 Å². The lowest BCUT2D eigenvalue weighted by molar-refractivity contribution is 0.148. The summed E-state index contributed by atoms with van der Waals surface area (Å²) >= 11 is 0. The molecule has 1 aromatic heterocycles. The van der Waals surface area contributed by atoms with E-state index in [1.54, 1.807) is 0 Å². The van der Waals surface area contributed by atoms with Crippen LogP contribution in [0.5, 0.6) is 0 Å². The van der Waals surface area contributed by atoms with Gasteiger partial charge in [-0.15, -0.1) is 0 Å². The Morgan fingerprint density at radius 3 is 2.62 bits per heavy atom. The normalized spacial score (nSPS) is 10.9. The van der Waals surface area contributed by atoms with E-state index in [4.69, 9.17) is 5.73 Å². The highest BCUT2D eigenvalue weighted by atomic mass is 19.3. The lowest BCUT2D eigenvalue weighted by Crippen LogP contribution is -2.08. The summed E-state index contributed by atoms with van der Waals surface area (Å²) in [5.74, 6) is -0.729. The lowest BCUT2D eigenvalue weighted by Gasteiger charge is -2.09. The van der Waals surface area contributed by atoms with Crippen molar-refractivity contribution in [3.63, 3.8) is 0 Å². The third kappa shape index (κ3) is 1.80. The molecule has 13 heavy (non-hydrogen) atoms. The van der Waals surface area contributed by atoms with Crippen molar-refractivity contribution in [3.8, 4) is 0 Å². The van der Waals surface area contributed by atoms with Crippen LogP contribution in [0.1, 0.15) is 23.2 Å². The molecule has 0 aromatic carbocycles. The van der Waals surface area contributed by atoms with Crippen LogP contribution in [0.25, 0.3) is 0 Å². The van der Waals surface area contributed by atoms with Crippen LogP contribution in [0.2, 0.25) is 0 Å². The van der Waals surface area contributed by atoms with Gasteiger partial charge in [0.2, 0.25) is 0 Å². The molecule has 0 saturated carbocycles. The molecule has 0 spiro atoms. The minimum atomic E-state index is -2.73. The van der Waals surface area contributed by atoms with Crippen LogP contribution in [0, 0.1) is 12.7 Å². The number of nitrogens with two attached hydrogens (primary N) is 1. The van der Waals surface area contributed by atoms with Gasteiger partial charge >= 0.3 is 0 Å². The van der Waals surface area contributed by atoms with Crippen LogP contribution in [-0.2, 0) is 6.54 Å². The number of aromatic nitrogens is 1. The standard InChI is InChI=1S/C8H9F3N2/c1-4-5(9)3-13-6(2-12)7(4)8(10)11/h3,8H,2,12H2,1H3. The van der Waals surface area contributed by atoms with Crippen molar-refractivity contribution in [2.75, 3.05) is 0 Å². The number of alkyl halides is 2. The third-order valence-electron chi connectivity index (χ3n) is 1.82. The first kappa shape index (κ1) is 9.98. The maximum Gasteiger partial charge on any atom is 0.266 e. The molecule has 1 aromatic rings. The second-order valence-corrected chi connectivity index (χ2v) is 2.60. The second-order valence-electron chi connectivity index (χ2n) is 2.60. The fraction of sp³-hybridized carbons (Fsp3) is 0.375. The maximum absolute atomic E-state index is 12.8. The van der Waals surface area contributed by atoms with E-state index in [-0.39, 0.29) is 23.4 Å². The molecular weight excluding hydrogens is 181 g/mol. The highest BCUT2D eigenvalue weighted by Gasteiger charge is 2.18. The summed E-state index contributed by atoms with van der Waals surface area (Å²) < 4.78 is 37.6. The minimum absolute atomic E-state index is 0.0499. The van der Waals surface area contributed by atoms with Gasteiger partial charge in [0.25, 0.3) is 6.43 Å². The molecule has 0 radical (unpaired) electrons. The average Bonchev–Trinajstić information content (AvgIpc) is 2.08. The van der Waals surface area contributed by atoms with E-state index in [2.05, 4.69) is 4.98 Å². The summed E-state index contributed by atoms with van der Waals surface area (Å²) in [4.78, 5) is 3.50. The zero-order chi connectivity index (χ0) is 10.0. The van der Waals surface area contributed by atoms with Crippen molar-refractivity contribution in [2.45, 2.75) is 19.9 Å². The Hall–Kier alpha value is -1.10. The van der Waals surface area contributed by atoms with Gasteiger partial charge in [0.1, 0.15) is 5.82 Å². The van der Waals surface area contributed by atoms with Gasteiger partial charge in [-0.25, -0.2) is 13.2 Å². The van der Waals surface area contributed by atoms with E-state index < -0.39 is 12.2 Å². The number of hydrogen-bond acceptors (Lipinski definition) is 2. The number of halogens is 3. The zero-order valence-corrected chi connectivity index (χ0v) is 7.02. The van der Waals surface area contributed by atoms with Gasteiger partial charge in [-0.2, -0.15) is 0 Å². The number of pyridine rings is 1. The Balaban J connectivity index is 3.32. The first-order valence-corrected chi connectivity index (χ1v) is 3.70. The molecule has 0 aliphatic heterocycles. The fourth-order valence-corrected chi connectivity index (χ4v) is 1.10. The van der Waals surface area contributed by atoms with Crippen LogP contribution in [0.3, 0.4) is 0 Å². The molecule has 0 amide bonds. The van der Waals surface area contributed by atoms with E-state index in [0.29, 0.717) is 0 Å². The van der Waals surface area contributed by atoms with Gasteiger partial charge in [-0.05, 0) is 12.5 Å². The number of nitrogens with zero attached hydrogens (tertiary/aromatic N) is 1. The molecule has 2 N–H and O–H groups in total. The summed E-state index contributed by atoms with van der Waals surface area (Å²) in [7, 11) is 0. The van der Waals surface area contributed by atoms with Crippen LogP contribution < -0.4 is 5.73 Å². The number of hydrogen-bond donors (Lipinski definition) is 1. The van der Waals surface area contributed by atoms with Crippen molar-refractivity contribution in [1.29, 1.82) is 0 Å². The quantitative estimate of drug-likeness (QED) is 0.773. The van der Waals surface area contributed by atoms with Crippen LogP contribution in [0.15, 0.2) is 6.20 Å². The highest BCUT2D eigenvalue weighted by molar-refractivity contribution is 5.31. The molecule has 1 heterocycles. The van der Waals surface area contributed by atoms with Gasteiger partial charge < -0.3 is 5.73 Å². The second kappa shape index (κ2) is 3.74. The molecule has 0 bridgehead atoms. The molecule has 0 fully saturated rings. The number of rotatable bonds is 2. The maximum atomic E-state index is 12.8.